The smallest absolute Gasteiger partial charge is 0.241 e. The van der Waals surface area contributed by atoms with Gasteiger partial charge in [-0.1, -0.05) is 44.2 Å². The SMILES string of the molecule is COc1cc(C)c(S(=O)(=O)N[C@H](C)c2ccccc2)cc1C(C)C. The van der Waals surface area contributed by atoms with E-state index >= 15 is 0 Å². The van der Waals surface area contributed by atoms with E-state index in [0.29, 0.717) is 10.5 Å². The average molecular weight is 347 g/mol. The van der Waals surface area contributed by atoms with Gasteiger partial charge >= 0.3 is 0 Å². The highest BCUT2D eigenvalue weighted by molar-refractivity contribution is 7.89. The summed E-state index contributed by atoms with van der Waals surface area (Å²) in [6.45, 7) is 7.66. The van der Waals surface area contributed by atoms with Crippen LogP contribution in [0.5, 0.6) is 5.75 Å². The van der Waals surface area contributed by atoms with Crippen molar-refractivity contribution >= 4 is 10.0 Å². The fourth-order valence-corrected chi connectivity index (χ4v) is 4.19. The third-order valence-corrected chi connectivity index (χ3v) is 5.75. The minimum atomic E-state index is -3.62. The summed E-state index contributed by atoms with van der Waals surface area (Å²) in [7, 11) is -2.02. The Balaban J connectivity index is 2.40. The minimum absolute atomic E-state index is 0.168. The van der Waals surface area contributed by atoms with Crippen LogP contribution in [0.4, 0.5) is 0 Å². The monoisotopic (exact) mass is 347 g/mol. The van der Waals surface area contributed by atoms with E-state index in [0.717, 1.165) is 16.9 Å². The molecule has 1 N–H and O–H groups in total. The fourth-order valence-electron chi connectivity index (χ4n) is 2.70. The second-order valence-corrected chi connectivity index (χ2v) is 7.95. The Morgan fingerprint density at radius 3 is 2.21 bits per heavy atom. The Kier molecular flexibility index (Phi) is 5.67. The van der Waals surface area contributed by atoms with Gasteiger partial charge in [0, 0.05) is 6.04 Å². The van der Waals surface area contributed by atoms with Gasteiger partial charge in [0.25, 0.3) is 0 Å². The molecule has 0 radical (unpaired) electrons. The van der Waals surface area contributed by atoms with E-state index in [1.165, 1.54) is 0 Å². The van der Waals surface area contributed by atoms with Crippen molar-refractivity contribution in [3.05, 3.63) is 59.2 Å². The molecule has 0 amide bonds. The Morgan fingerprint density at radius 2 is 1.67 bits per heavy atom. The number of ether oxygens (including phenoxy) is 1. The third-order valence-electron chi connectivity index (χ3n) is 4.07. The third kappa shape index (κ3) is 3.97. The zero-order valence-electron chi connectivity index (χ0n) is 14.8. The zero-order chi connectivity index (χ0) is 17.9. The molecule has 0 unspecified atom stereocenters. The van der Waals surface area contributed by atoms with E-state index in [9.17, 15) is 8.42 Å². The van der Waals surface area contributed by atoms with Crippen molar-refractivity contribution in [2.45, 2.75) is 44.6 Å². The van der Waals surface area contributed by atoms with Gasteiger partial charge in [0.1, 0.15) is 5.75 Å². The van der Waals surface area contributed by atoms with E-state index in [4.69, 9.17) is 4.74 Å². The first-order chi connectivity index (χ1) is 11.3. The van der Waals surface area contributed by atoms with Gasteiger partial charge in [-0.15, -0.1) is 0 Å². The maximum absolute atomic E-state index is 12.9. The van der Waals surface area contributed by atoms with Crippen molar-refractivity contribution in [3.8, 4) is 5.75 Å². The Morgan fingerprint density at radius 1 is 1.04 bits per heavy atom. The lowest BCUT2D eigenvalue weighted by molar-refractivity contribution is 0.406. The summed E-state index contributed by atoms with van der Waals surface area (Å²) >= 11 is 0. The first-order valence-electron chi connectivity index (χ1n) is 8.02. The number of sulfonamides is 1. The molecule has 4 nitrogen and oxygen atoms in total. The Labute approximate surface area is 144 Å². The van der Waals surface area contributed by atoms with Crippen LogP contribution in [-0.4, -0.2) is 15.5 Å². The molecule has 0 aliphatic carbocycles. The van der Waals surface area contributed by atoms with Gasteiger partial charge in [-0.25, -0.2) is 13.1 Å². The topological polar surface area (TPSA) is 55.4 Å². The molecule has 0 bridgehead atoms. The van der Waals surface area contributed by atoms with E-state index in [1.807, 2.05) is 51.1 Å². The lowest BCUT2D eigenvalue weighted by Crippen LogP contribution is -2.27. The fraction of sp³-hybridized carbons (Fsp3) is 0.368. The highest BCUT2D eigenvalue weighted by Gasteiger charge is 2.23. The van der Waals surface area contributed by atoms with Crippen molar-refractivity contribution in [2.75, 3.05) is 7.11 Å². The predicted octanol–water partition coefficient (Wildman–Crippen LogP) is 4.17. The molecule has 0 aliphatic heterocycles. The Hall–Kier alpha value is -1.85. The van der Waals surface area contributed by atoms with Crippen molar-refractivity contribution in [1.82, 2.24) is 4.72 Å². The maximum Gasteiger partial charge on any atom is 0.241 e. The van der Waals surface area contributed by atoms with Crippen molar-refractivity contribution in [2.24, 2.45) is 0 Å². The standard InChI is InChI=1S/C19H25NO3S/c1-13(2)17-12-19(14(3)11-18(17)23-5)24(21,22)20-15(4)16-9-7-6-8-10-16/h6-13,15,20H,1-5H3/t15-/m1/s1. The molecule has 0 saturated carbocycles. The molecule has 0 heterocycles. The summed E-state index contributed by atoms with van der Waals surface area (Å²) in [5, 5.41) is 0. The lowest BCUT2D eigenvalue weighted by Gasteiger charge is -2.19. The summed E-state index contributed by atoms with van der Waals surface area (Å²) in [5.41, 5.74) is 2.48. The number of hydrogen-bond donors (Lipinski definition) is 1. The first-order valence-corrected chi connectivity index (χ1v) is 9.50. The molecule has 0 saturated heterocycles. The van der Waals surface area contributed by atoms with Crippen LogP contribution < -0.4 is 9.46 Å². The van der Waals surface area contributed by atoms with Gasteiger partial charge < -0.3 is 4.74 Å². The molecule has 130 valence electrons. The van der Waals surface area contributed by atoms with Gasteiger partial charge in [0.05, 0.1) is 12.0 Å². The number of hydrogen-bond acceptors (Lipinski definition) is 3. The lowest BCUT2D eigenvalue weighted by atomic mass is 10.0. The molecule has 0 spiro atoms. The van der Waals surface area contributed by atoms with Gasteiger partial charge in [-0.05, 0) is 48.6 Å². The van der Waals surface area contributed by atoms with E-state index in [1.54, 1.807) is 26.2 Å². The number of benzene rings is 2. The average Bonchev–Trinajstić information content (AvgIpc) is 2.54. The molecule has 0 fully saturated rings. The summed E-state index contributed by atoms with van der Waals surface area (Å²) in [6, 6.07) is 12.7. The molecular weight excluding hydrogens is 322 g/mol. The van der Waals surface area contributed by atoms with Crippen molar-refractivity contribution in [1.29, 1.82) is 0 Å². The minimum Gasteiger partial charge on any atom is -0.496 e. The number of methoxy groups -OCH3 is 1. The molecule has 0 aromatic heterocycles. The summed E-state index contributed by atoms with van der Waals surface area (Å²) in [5.74, 6) is 0.888. The van der Waals surface area contributed by atoms with Crippen LogP contribution >= 0.6 is 0 Å². The number of aryl methyl sites for hydroxylation is 1. The van der Waals surface area contributed by atoms with Gasteiger partial charge in [0.15, 0.2) is 0 Å². The van der Waals surface area contributed by atoms with Crippen LogP contribution in [0.3, 0.4) is 0 Å². The zero-order valence-corrected chi connectivity index (χ0v) is 15.6. The van der Waals surface area contributed by atoms with Gasteiger partial charge in [0.2, 0.25) is 10.0 Å². The molecule has 5 heteroatoms. The number of rotatable bonds is 6. The largest absolute Gasteiger partial charge is 0.496 e. The predicted molar refractivity (Wildman–Crippen MR) is 97.0 cm³/mol. The molecule has 2 aromatic carbocycles. The van der Waals surface area contributed by atoms with Crippen LogP contribution in [-0.2, 0) is 10.0 Å². The van der Waals surface area contributed by atoms with E-state index in [-0.39, 0.29) is 12.0 Å². The second-order valence-electron chi connectivity index (χ2n) is 6.27. The van der Waals surface area contributed by atoms with Crippen LogP contribution in [0.25, 0.3) is 0 Å². The van der Waals surface area contributed by atoms with Gasteiger partial charge in [-0.2, -0.15) is 0 Å². The van der Waals surface area contributed by atoms with Gasteiger partial charge in [-0.3, -0.25) is 0 Å². The summed E-state index contributed by atoms with van der Waals surface area (Å²) in [4.78, 5) is 0.301. The Bertz CT molecular complexity index is 799. The molecule has 2 rings (SSSR count). The molecule has 0 aliphatic rings. The number of nitrogens with one attached hydrogen (secondary N) is 1. The molecule has 24 heavy (non-hydrogen) atoms. The van der Waals surface area contributed by atoms with Crippen LogP contribution in [0, 0.1) is 6.92 Å². The van der Waals surface area contributed by atoms with Crippen LogP contribution in [0.1, 0.15) is 49.4 Å². The van der Waals surface area contributed by atoms with Crippen LogP contribution in [0.15, 0.2) is 47.4 Å². The second kappa shape index (κ2) is 7.36. The molecule has 1 atom stereocenters. The van der Waals surface area contributed by atoms with E-state index < -0.39 is 10.0 Å². The highest BCUT2D eigenvalue weighted by Crippen LogP contribution is 2.32. The van der Waals surface area contributed by atoms with Crippen LogP contribution in [0.2, 0.25) is 0 Å². The molecular formula is C19H25NO3S. The van der Waals surface area contributed by atoms with Crippen molar-refractivity contribution < 1.29 is 13.2 Å². The maximum atomic E-state index is 12.9. The summed E-state index contributed by atoms with van der Waals surface area (Å²) in [6.07, 6.45) is 0. The normalized spacial score (nSPS) is 13.1. The first kappa shape index (κ1) is 18.5. The quantitative estimate of drug-likeness (QED) is 0.853. The van der Waals surface area contributed by atoms with E-state index in [2.05, 4.69) is 4.72 Å². The van der Waals surface area contributed by atoms with Crippen molar-refractivity contribution in [3.63, 3.8) is 0 Å². The summed E-state index contributed by atoms with van der Waals surface area (Å²) < 4.78 is 33.9. The highest BCUT2D eigenvalue weighted by atomic mass is 32.2. The molecule has 2 aromatic rings.